The third-order valence-electron chi connectivity index (χ3n) is 6.22. The first-order valence-electron chi connectivity index (χ1n) is 11.1. The summed E-state index contributed by atoms with van der Waals surface area (Å²) in [5, 5.41) is 11.8. The van der Waals surface area contributed by atoms with Gasteiger partial charge in [0.1, 0.15) is 5.82 Å². The van der Waals surface area contributed by atoms with Gasteiger partial charge in [-0.1, -0.05) is 37.1 Å². The van der Waals surface area contributed by atoms with Gasteiger partial charge in [0, 0.05) is 29.9 Å². The zero-order valence-corrected chi connectivity index (χ0v) is 20.4. The van der Waals surface area contributed by atoms with Gasteiger partial charge in [-0.3, -0.25) is 4.79 Å². The van der Waals surface area contributed by atoms with Crippen molar-refractivity contribution < 1.29 is 13.2 Å². The van der Waals surface area contributed by atoms with Gasteiger partial charge in [-0.25, -0.2) is 8.42 Å². The zero-order valence-electron chi connectivity index (χ0n) is 17.9. The van der Waals surface area contributed by atoms with Gasteiger partial charge >= 0.3 is 0 Å². The Bertz CT molecular complexity index is 982. The topological polar surface area (TPSA) is 85.2 Å². The highest BCUT2D eigenvalue weighted by atomic mass is 32.2. The monoisotopic (exact) mass is 482 g/mol. The molecule has 31 heavy (non-hydrogen) atoms. The van der Waals surface area contributed by atoms with Gasteiger partial charge in [-0.05, 0) is 37.6 Å². The molecular formula is C21H30N4O3S3. The van der Waals surface area contributed by atoms with E-state index in [0.29, 0.717) is 19.0 Å². The van der Waals surface area contributed by atoms with Crippen LogP contribution in [-0.2, 0) is 21.1 Å². The maximum Gasteiger partial charge on any atom is 0.233 e. The molecule has 2 aromatic heterocycles. The molecule has 0 N–H and O–H groups in total. The van der Waals surface area contributed by atoms with Crippen LogP contribution in [0.25, 0.3) is 0 Å². The van der Waals surface area contributed by atoms with Crippen molar-refractivity contribution in [1.29, 1.82) is 0 Å². The predicted molar refractivity (Wildman–Crippen MR) is 124 cm³/mol. The van der Waals surface area contributed by atoms with Crippen LogP contribution in [0.1, 0.15) is 62.2 Å². The first-order valence-corrected chi connectivity index (χ1v) is 14.7. The van der Waals surface area contributed by atoms with E-state index in [1.165, 1.54) is 35.9 Å². The molecule has 7 nitrogen and oxygen atoms in total. The minimum Gasteiger partial charge on any atom is -0.338 e. The fourth-order valence-electron chi connectivity index (χ4n) is 4.67. The lowest BCUT2D eigenvalue weighted by Crippen LogP contribution is -2.42. The Balaban J connectivity index is 1.48. The molecule has 1 unspecified atom stereocenters. The number of nitrogens with zero attached hydrogens (tertiary/aromatic N) is 4. The van der Waals surface area contributed by atoms with Crippen LogP contribution in [0.5, 0.6) is 0 Å². The van der Waals surface area contributed by atoms with E-state index in [-0.39, 0.29) is 29.2 Å². The summed E-state index contributed by atoms with van der Waals surface area (Å²) < 4.78 is 26.0. The van der Waals surface area contributed by atoms with Crippen LogP contribution < -0.4 is 0 Å². The number of carbonyl (C=O) groups is 1. The minimum absolute atomic E-state index is 0.0207. The van der Waals surface area contributed by atoms with E-state index >= 15 is 0 Å². The van der Waals surface area contributed by atoms with Crippen LogP contribution in [0.4, 0.5) is 0 Å². The molecule has 170 valence electrons. The molecule has 1 aliphatic heterocycles. The Morgan fingerprint density at radius 2 is 2.06 bits per heavy atom. The largest absolute Gasteiger partial charge is 0.338 e. The van der Waals surface area contributed by atoms with Crippen molar-refractivity contribution >= 4 is 38.8 Å². The number of hydrogen-bond acceptors (Lipinski definition) is 7. The quantitative estimate of drug-likeness (QED) is 0.535. The summed E-state index contributed by atoms with van der Waals surface area (Å²) in [5.74, 6) is 1.47. The molecule has 1 amide bonds. The molecule has 0 radical (unpaired) electrons. The minimum atomic E-state index is -3.02. The summed E-state index contributed by atoms with van der Waals surface area (Å²) in [6, 6.07) is 4.36. The fraction of sp³-hybridized carbons (Fsp3) is 0.667. The van der Waals surface area contributed by atoms with Crippen molar-refractivity contribution in [2.75, 3.05) is 23.8 Å². The third-order valence-corrected chi connectivity index (χ3v) is 9.78. The third kappa shape index (κ3) is 5.51. The van der Waals surface area contributed by atoms with Gasteiger partial charge in [-0.15, -0.1) is 21.5 Å². The van der Waals surface area contributed by atoms with Gasteiger partial charge in [0.05, 0.1) is 17.3 Å². The van der Waals surface area contributed by atoms with Crippen molar-refractivity contribution in [2.45, 2.75) is 69.1 Å². The summed E-state index contributed by atoms with van der Waals surface area (Å²) in [6.07, 6.45) is 7.24. The molecule has 0 bridgehead atoms. The molecule has 1 atom stereocenters. The maximum atomic E-state index is 13.0. The first-order chi connectivity index (χ1) is 15.0. The summed E-state index contributed by atoms with van der Waals surface area (Å²) in [5.41, 5.74) is 0. The maximum absolute atomic E-state index is 13.0. The smallest absolute Gasteiger partial charge is 0.233 e. The Labute approximate surface area is 192 Å². The molecular weight excluding hydrogens is 452 g/mol. The number of thioether (sulfide) groups is 1. The second-order valence-corrected chi connectivity index (χ2v) is 12.5. The molecule has 2 fully saturated rings. The Hall–Kier alpha value is -1.39. The molecule has 10 heteroatoms. The van der Waals surface area contributed by atoms with Gasteiger partial charge in [0.15, 0.2) is 15.0 Å². The van der Waals surface area contributed by atoms with Crippen LogP contribution in [0.15, 0.2) is 22.7 Å². The first kappa shape index (κ1) is 22.8. The average molecular weight is 483 g/mol. The molecule has 0 aromatic carbocycles. The van der Waals surface area contributed by atoms with E-state index in [9.17, 15) is 13.2 Å². The number of aromatic nitrogens is 3. The summed E-state index contributed by atoms with van der Waals surface area (Å²) in [7, 11) is -3.02. The number of sulfone groups is 1. The Morgan fingerprint density at radius 1 is 1.26 bits per heavy atom. The van der Waals surface area contributed by atoms with Crippen LogP contribution >= 0.6 is 23.1 Å². The number of hydrogen-bond donors (Lipinski definition) is 0. The van der Waals surface area contributed by atoms with Crippen molar-refractivity contribution in [3.63, 3.8) is 0 Å². The van der Waals surface area contributed by atoms with Crippen LogP contribution in [0, 0.1) is 0 Å². The van der Waals surface area contributed by atoms with Crippen LogP contribution in [0.2, 0.25) is 0 Å². The van der Waals surface area contributed by atoms with Gasteiger partial charge in [0.2, 0.25) is 5.91 Å². The zero-order chi connectivity index (χ0) is 21.8. The Morgan fingerprint density at radius 3 is 2.71 bits per heavy atom. The lowest BCUT2D eigenvalue weighted by atomic mass is 9.95. The highest BCUT2D eigenvalue weighted by Crippen LogP contribution is 2.33. The van der Waals surface area contributed by atoms with E-state index in [2.05, 4.69) is 32.3 Å². The van der Waals surface area contributed by atoms with Gasteiger partial charge in [-0.2, -0.15) is 0 Å². The number of rotatable bonds is 8. The van der Waals surface area contributed by atoms with Crippen LogP contribution in [-0.4, -0.2) is 63.8 Å². The number of amides is 1. The van der Waals surface area contributed by atoms with Crippen LogP contribution in [0.3, 0.4) is 0 Å². The molecule has 1 saturated heterocycles. The molecule has 3 heterocycles. The second kappa shape index (κ2) is 10.0. The van der Waals surface area contributed by atoms with E-state index in [1.54, 1.807) is 16.2 Å². The van der Waals surface area contributed by atoms with E-state index in [0.717, 1.165) is 30.2 Å². The van der Waals surface area contributed by atoms with E-state index in [4.69, 9.17) is 0 Å². The van der Waals surface area contributed by atoms with Crippen molar-refractivity contribution in [3.8, 4) is 0 Å². The summed E-state index contributed by atoms with van der Waals surface area (Å²) >= 11 is 3.16. The Kier molecular flexibility index (Phi) is 7.38. The van der Waals surface area contributed by atoms with Crippen molar-refractivity contribution in [2.24, 2.45) is 0 Å². The fourth-order valence-corrected chi connectivity index (χ4v) is 8.01. The number of carbonyl (C=O) groups excluding carboxylic acids is 1. The predicted octanol–water partition coefficient (Wildman–Crippen LogP) is 3.56. The van der Waals surface area contributed by atoms with E-state index < -0.39 is 9.84 Å². The molecule has 2 aromatic rings. The lowest BCUT2D eigenvalue weighted by molar-refractivity contribution is -0.129. The molecule has 1 saturated carbocycles. The molecule has 4 rings (SSSR count). The number of thiophene rings is 1. The SMILES string of the molecule is CCN(C(=O)CSc1nnc(Cc2cccs2)n1C1CCCCC1)C1CCS(=O)(=O)C1. The highest BCUT2D eigenvalue weighted by Gasteiger charge is 2.34. The standard InChI is InChI=1S/C21H30N4O3S3/c1-2-24(17-10-12-31(27,28)15-17)20(26)14-30-21-23-22-19(13-18-9-6-11-29-18)25(21)16-7-4-3-5-8-16/h6,9,11,16-17H,2-5,7-8,10,12-15H2,1H3. The van der Waals surface area contributed by atoms with Crippen molar-refractivity contribution in [1.82, 2.24) is 19.7 Å². The van der Waals surface area contributed by atoms with Crippen molar-refractivity contribution in [3.05, 3.63) is 28.2 Å². The second-order valence-electron chi connectivity index (χ2n) is 8.34. The highest BCUT2D eigenvalue weighted by molar-refractivity contribution is 7.99. The summed E-state index contributed by atoms with van der Waals surface area (Å²) in [4.78, 5) is 15.9. The van der Waals surface area contributed by atoms with Gasteiger partial charge < -0.3 is 9.47 Å². The molecule has 1 aliphatic carbocycles. The summed E-state index contributed by atoms with van der Waals surface area (Å²) in [6.45, 7) is 2.44. The molecule has 2 aliphatic rings. The lowest BCUT2D eigenvalue weighted by Gasteiger charge is -2.27. The van der Waals surface area contributed by atoms with Gasteiger partial charge in [0.25, 0.3) is 0 Å². The van der Waals surface area contributed by atoms with E-state index in [1.807, 2.05) is 6.92 Å². The normalized spacial score (nSPS) is 21.4. The molecule has 0 spiro atoms. The average Bonchev–Trinajstić information content (AvgIpc) is 3.49.